The fourth-order valence-electron chi connectivity index (χ4n) is 2.83. The highest BCUT2D eigenvalue weighted by molar-refractivity contribution is 5.72. The predicted octanol–water partition coefficient (Wildman–Crippen LogP) is 4.42. The summed E-state index contributed by atoms with van der Waals surface area (Å²) in [6.07, 6.45) is 4.13. The summed E-state index contributed by atoms with van der Waals surface area (Å²) in [6, 6.07) is 14.5. The van der Waals surface area contributed by atoms with Gasteiger partial charge in [-0.05, 0) is 64.2 Å². The summed E-state index contributed by atoms with van der Waals surface area (Å²) in [6.45, 7) is 5.34. The minimum absolute atomic E-state index is 0.478. The smallest absolute Gasteiger partial charge is 0.0991 e. The minimum Gasteiger partial charge on any atom is -0.387 e. The van der Waals surface area contributed by atoms with Crippen LogP contribution in [0, 0.1) is 11.3 Å². The van der Waals surface area contributed by atoms with E-state index < -0.39 is 0 Å². The van der Waals surface area contributed by atoms with Crippen LogP contribution in [0.3, 0.4) is 0 Å². The van der Waals surface area contributed by atoms with Crippen molar-refractivity contribution < 1.29 is 0 Å². The number of benzene rings is 2. The van der Waals surface area contributed by atoms with Gasteiger partial charge in [-0.2, -0.15) is 5.26 Å². The first-order chi connectivity index (χ1) is 10.2. The van der Waals surface area contributed by atoms with Gasteiger partial charge in [-0.25, -0.2) is 0 Å². The fourth-order valence-corrected chi connectivity index (χ4v) is 2.83. The maximum atomic E-state index is 9.07. The number of nitriles is 1. The highest BCUT2D eigenvalue weighted by Crippen LogP contribution is 2.32. The van der Waals surface area contributed by atoms with Crippen LogP contribution < -0.4 is 5.32 Å². The van der Waals surface area contributed by atoms with Gasteiger partial charge < -0.3 is 5.32 Å². The molecular weight excluding hydrogens is 256 g/mol. The van der Waals surface area contributed by atoms with Crippen molar-refractivity contribution in [3.8, 4) is 17.2 Å². The Kier molecular flexibility index (Phi) is 3.50. The Bertz CT molecular complexity index is 749. The molecule has 0 amide bonds. The standard InChI is InChI=1S/C19H18N2/c1-13(2)18-10-17(9-16-6-7-21-12-19(16)18)15-5-3-4-14(8-15)11-20/h3-10,13,21H,12H2,1-2H3. The van der Waals surface area contributed by atoms with Gasteiger partial charge in [0, 0.05) is 6.54 Å². The van der Waals surface area contributed by atoms with Gasteiger partial charge in [0.15, 0.2) is 0 Å². The number of fused-ring (bicyclic) bond motifs is 1. The van der Waals surface area contributed by atoms with Crippen molar-refractivity contribution in [1.82, 2.24) is 5.32 Å². The molecule has 2 aromatic carbocycles. The van der Waals surface area contributed by atoms with Crippen molar-refractivity contribution >= 4 is 6.08 Å². The number of hydrogen-bond acceptors (Lipinski definition) is 2. The van der Waals surface area contributed by atoms with E-state index in [1.807, 2.05) is 24.4 Å². The maximum absolute atomic E-state index is 9.07. The largest absolute Gasteiger partial charge is 0.387 e. The van der Waals surface area contributed by atoms with Gasteiger partial charge in [-0.15, -0.1) is 0 Å². The molecule has 1 aliphatic heterocycles. The van der Waals surface area contributed by atoms with Crippen molar-refractivity contribution in [3.05, 3.63) is 64.9 Å². The Morgan fingerprint density at radius 3 is 2.76 bits per heavy atom. The first-order valence-corrected chi connectivity index (χ1v) is 7.26. The molecule has 1 heterocycles. The summed E-state index contributed by atoms with van der Waals surface area (Å²) in [5.41, 5.74) is 7.02. The first-order valence-electron chi connectivity index (χ1n) is 7.26. The summed E-state index contributed by atoms with van der Waals surface area (Å²) in [7, 11) is 0. The third-order valence-corrected chi connectivity index (χ3v) is 3.93. The quantitative estimate of drug-likeness (QED) is 0.879. The molecule has 2 aromatic rings. The average molecular weight is 274 g/mol. The van der Waals surface area contributed by atoms with Crippen LogP contribution in [0.4, 0.5) is 0 Å². The van der Waals surface area contributed by atoms with E-state index in [1.165, 1.54) is 22.3 Å². The molecule has 1 aliphatic rings. The highest BCUT2D eigenvalue weighted by Gasteiger charge is 2.14. The molecular formula is C19H18N2. The van der Waals surface area contributed by atoms with Gasteiger partial charge >= 0.3 is 0 Å². The number of rotatable bonds is 2. The third kappa shape index (κ3) is 2.55. The Morgan fingerprint density at radius 1 is 1.14 bits per heavy atom. The molecule has 0 radical (unpaired) electrons. The van der Waals surface area contributed by atoms with Crippen molar-refractivity contribution in [1.29, 1.82) is 5.26 Å². The van der Waals surface area contributed by atoms with Crippen molar-refractivity contribution in [2.45, 2.75) is 26.3 Å². The summed E-state index contributed by atoms with van der Waals surface area (Å²) in [5.74, 6) is 0.478. The molecule has 21 heavy (non-hydrogen) atoms. The molecule has 0 aliphatic carbocycles. The van der Waals surface area contributed by atoms with Crippen LogP contribution in [0.1, 0.15) is 42.0 Å². The lowest BCUT2D eigenvalue weighted by Gasteiger charge is -2.21. The van der Waals surface area contributed by atoms with E-state index in [4.69, 9.17) is 5.26 Å². The number of hydrogen-bond donors (Lipinski definition) is 1. The molecule has 2 heteroatoms. The second-order valence-corrected chi connectivity index (χ2v) is 5.69. The minimum atomic E-state index is 0.478. The van der Waals surface area contributed by atoms with Crippen LogP contribution in [0.25, 0.3) is 17.2 Å². The topological polar surface area (TPSA) is 35.8 Å². The third-order valence-electron chi connectivity index (χ3n) is 3.93. The molecule has 0 saturated carbocycles. The van der Waals surface area contributed by atoms with Crippen molar-refractivity contribution in [2.24, 2.45) is 0 Å². The molecule has 0 saturated heterocycles. The van der Waals surface area contributed by atoms with E-state index in [-0.39, 0.29) is 0 Å². The zero-order chi connectivity index (χ0) is 14.8. The molecule has 0 spiro atoms. The zero-order valence-corrected chi connectivity index (χ0v) is 12.4. The Hall–Kier alpha value is -2.53. The predicted molar refractivity (Wildman–Crippen MR) is 86.6 cm³/mol. The first kappa shape index (κ1) is 13.5. The maximum Gasteiger partial charge on any atom is 0.0991 e. The monoisotopic (exact) mass is 274 g/mol. The summed E-state index contributed by atoms with van der Waals surface area (Å²) in [5, 5.41) is 12.4. The molecule has 0 aromatic heterocycles. The molecule has 104 valence electrons. The lowest BCUT2D eigenvalue weighted by atomic mass is 9.88. The normalized spacial score (nSPS) is 12.7. The van der Waals surface area contributed by atoms with Gasteiger partial charge in [0.1, 0.15) is 0 Å². The van der Waals surface area contributed by atoms with Gasteiger partial charge in [0.25, 0.3) is 0 Å². The van der Waals surface area contributed by atoms with Gasteiger partial charge in [-0.3, -0.25) is 0 Å². The van der Waals surface area contributed by atoms with Crippen LogP contribution in [0.15, 0.2) is 42.6 Å². The Labute approximate surface area is 125 Å². The van der Waals surface area contributed by atoms with E-state index in [0.717, 1.165) is 12.1 Å². The van der Waals surface area contributed by atoms with Gasteiger partial charge in [0.2, 0.25) is 0 Å². The van der Waals surface area contributed by atoms with Crippen LogP contribution >= 0.6 is 0 Å². The summed E-state index contributed by atoms with van der Waals surface area (Å²) >= 11 is 0. The molecule has 1 N–H and O–H groups in total. The SMILES string of the molecule is CC(C)c1cc(-c2cccc(C#N)c2)cc2c1CNC=C2. The Morgan fingerprint density at radius 2 is 2.00 bits per heavy atom. The lowest BCUT2D eigenvalue weighted by molar-refractivity contribution is 0.794. The molecule has 0 unspecified atom stereocenters. The number of nitrogens with one attached hydrogen (secondary N) is 1. The highest BCUT2D eigenvalue weighted by atomic mass is 14.8. The van der Waals surface area contributed by atoms with E-state index >= 15 is 0 Å². The van der Waals surface area contributed by atoms with Crippen LogP contribution in [-0.4, -0.2) is 0 Å². The average Bonchev–Trinajstić information content (AvgIpc) is 2.53. The summed E-state index contributed by atoms with van der Waals surface area (Å²) in [4.78, 5) is 0. The fraction of sp³-hybridized carbons (Fsp3) is 0.211. The zero-order valence-electron chi connectivity index (χ0n) is 12.4. The van der Waals surface area contributed by atoms with Crippen molar-refractivity contribution in [3.63, 3.8) is 0 Å². The summed E-state index contributed by atoms with van der Waals surface area (Å²) < 4.78 is 0. The van der Waals surface area contributed by atoms with Crippen molar-refractivity contribution in [2.75, 3.05) is 0 Å². The Balaban J connectivity index is 2.18. The van der Waals surface area contributed by atoms with E-state index in [0.29, 0.717) is 11.5 Å². The van der Waals surface area contributed by atoms with E-state index in [1.54, 1.807) is 0 Å². The molecule has 3 rings (SSSR count). The van der Waals surface area contributed by atoms with Gasteiger partial charge in [0.05, 0.1) is 11.6 Å². The molecule has 0 bridgehead atoms. The van der Waals surface area contributed by atoms with Gasteiger partial charge in [-0.1, -0.05) is 32.0 Å². The van der Waals surface area contributed by atoms with Crippen LogP contribution in [-0.2, 0) is 6.54 Å². The second-order valence-electron chi connectivity index (χ2n) is 5.69. The second kappa shape index (κ2) is 5.46. The molecule has 2 nitrogen and oxygen atoms in total. The molecule has 0 atom stereocenters. The number of nitrogens with zero attached hydrogens (tertiary/aromatic N) is 1. The lowest BCUT2D eigenvalue weighted by Crippen LogP contribution is -2.13. The van der Waals surface area contributed by atoms with E-state index in [9.17, 15) is 0 Å². The van der Waals surface area contributed by atoms with Crippen LogP contribution in [0.2, 0.25) is 0 Å². The van der Waals surface area contributed by atoms with Crippen LogP contribution in [0.5, 0.6) is 0 Å². The molecule has 0 fully saturated rings. The van der Waals surface area contributed by atoms with E-state index in [2.05, 4.69) is 49.5 Å².